The Labute approximate surface area is 210 Å². The van der Waals surface area contributed by atoms with Crippen LogP contribution in [-0.2, 0) is 29.0 Å². The highest BCUT2D eigenvalue weighted by molar-refractivity contribution is 5.82. The standard InChI is InChI=1S/C31H38N2O2/c34-31(30-22-29(23-32-30)35-24-27-16-8-3-9-17-27)33-28(20-10-18-25-12-4-1-5-13-25)21-11-19-26-14-6-2-7-15-26/h1-9,12-17,28-30,32H,10-11,18-24H2,(H,33,34). The Bertz CT molecular complexity index is 949. The summed E-state index contributed by atoms with van der Waals surface area (Å²) in [6.07, 6.45) is 7.01. The van der Waals surface area contributed by atoms with Gasteiger partial charge in [0.05, 0.1) is 18.8 Å². The van der Waals surface area contributed by atoms with Gasteiger partial charge in [-0.25, -0.2) is 0 Å². The van der Waals surface area contributed by atoms with Gasteiger partial charge in [-0.3, -0.25) is 4.79 Å². The molecule has 1 heterocycles. The molecule has 0 spiro atoms. The number of hydrogen-bond acceptors (Lipinski definition) is 3. The maximum absolute atomic E-state index is 13.1. The third-order valence-electron chi connectivity index (χ3n) is 6.80. The smallest absolute Gasteiger partial charge is 0.237 e. The third-order valence-corrected chi connectivity index (χ3v) is 6.80. The van der Waals surface area contributed by atoms with Gasteiger partial charge in [0.1, 0.15) is 0 Å². The molecular weight excluding hydrogens is 432 g/mol. The summed E-state index contributed by atoms with van der Waals surface area (Å²) in [4.78, 5) is 13.1. The van der Waals surface area contributed by atoms with Gasteiger partial charge in [0.2, 0.25) is 5.91 Å². The van der Waals surface area contributed by atoms with E-state index in [0.717, 1.165) is 57.1 Å². The minimum absolute atomic E-state index is 0.0700. The number of nitrogens with one attached hydrogen (secondary N) is 2. The summed E-state index contributed by atoms with van der Waals surface area (Å²) in [6, 6.07) is 31.4. The molecular formula is C31H38N2O2. The number of carbonyl (C=O) groups is 1. The van der Waals surface area contributed by atoms with E-state index in [0.29, 0.717) is 6.61 Å². The number of aryl methyl sites for hydroxylation is 2. The molecule has 0 aliphatic carbocycles. The number of benzene rings is 3. The Morgan fingerprint density at radius 3 is 1.86 bits per heavy atom. The fraction of sp³-hybridized carbons (Fsp3) is 0.387. The zero-order valence-corrected chi connectivity index (χ0v) is 20.6. The Balaban J connectivity index is 1.25. The van der Waals surface area contributed by atoms with Crippen molar-refractivity contribution < 1.29 is 9.53 Å². The van der Waals surface area contributed by atoms with Crippen molar-refractivity contribution in [3.05, 3.63) is 108 Å². The predicted molar refractivity (Wildman–Crippen MR) is 142 cm³/mol. The maximum Gasteiger partial charge on any atom is 0.237 e. The molecule has 184 valence electrons. The minimum Gasteiger partial charge on any atom is -0.372 e. The Morgan fingerprint density at radius 1 is 0.800 bits per heavy atom. The second-order valence-electron chi connectivity index (χ2n) is 9.58. The average Bonchev–Trinajstić information content (AvgIpc) is 3.39. The van der Waals surface area contributed by atoms with Crippen LogP contribution in [0.3, 0.4) is 0 Å². The number of rotatable bonds is 13. The van der Waals surface area contributed by atoms with Gasteiger partial charge >= 0.3 is 0 Å². The summed E-state index contributed by atoms with van der Waals surface area (Å²) in [6.45, 7) is 1.31. The highest BCUT2D eigenvalue weighted by atomic mass is 16.5. The monoisotopic (exact) mass is 470 g/mol. The first-order valence-corrected chi connectivity index (χ1v) is 13.0. The molecule has 4 rings (SSSR count). The van der Waals surface area contributed by atoms with E-state index in [1.807, 2.05) is 18.2 Å². The largest absolute Gasteiger partial charge is 0.372 e. The van der Waals surface area contributed by atoms with Crippen LogP contribution in [0.25, 0.3) is 0 Å². The first-order valence-electron chi connectivity index (χ1n) is 13.0. The van der Waals surface area contributed by atoms with E-state index in [1.54, 1.807) is 0 Å². The molecule has 1 saturated heterocycles. The van der Waals surface area contributed by atoms with E-state index in [1.165, 1.54) is 11.1 Å². The van der Waals surface area contributed by atoms with Crippen LogP contribution in [0.4, 0.5) is 0 Å². The molecule has 35 heavy (non-hydrogen) atoms. The van der Waals surface area contributed by atoms with Gasteiger partial charge < -0.3 is 15.4 Å². The molecule has 1 aliphatic rings. The molecule has 2 N–H and O–H groups in total. The minimum atomic E-state index is -0.179. The van der Waals surface area contributed by atoms with Gasteiger partial charge in [-0.15, -0.1) is 0 Å². The molecule has 1 aliphatic heterocycles. The van der Waals surface area contributed by atoms with Crippen molar-refractivity contribution >= 4 is 5.91 Å². The van der Waals surface area contributed by atoms with Crippen LogP contribution in [0.5, 0.6) is 0 Å². The molecule has 0 radical (unpaired) electrons. The van der Waals surface area contributed by atoms with E-state index in [4.69, 9.17) is 4.74 Å². The first kappa shape index (κ1) is 25.2. The Hall–Kier alpha value is -2.95. The van der Waals surface area contributed by atoms with Crippen LogP contribution < -0.4 is 10.6 Å². The molecule has 0 saturated carbocycles. The maximum atomic E-state index is 13.1. The molecule has 3 aromatic carbocycles. The van der Waals surface area contributed by atoms with Crippen molar-refractivity contribution in [1.29, 1.82) is 0 Å². The van der Waals surface area contributed by atoms with Crippen LogP contribution in [0, 0.1) is 0 Å². The summed E-state index contributed by atoms with van der Waals surface area (Å²) in [5, 5.41) is 6.74. The van der Waals surface area contributed by atoms with Gasteiger partial charge in [-0.2, -0.15) is 0 Å². The number of amides is 1. The molecule has 1 amide bonds. The topological polar surface area (TPSA) is 50.4 Å². The normalized spacial score (nSPS) is 17.5. The van der Waals surface area contributed by atoms with Crippen LogP contribution >= 0.6 is 0 Å². The summed E-state index contributed by atoms with van der Waals surface area (Å²) >= 11 is 0. The lowest BCUT2D eigenvalue weighted by Crippen LogP contribution is -2.45. The molecule has 4 heteroatoms. The lowest BCUT2D eigenvalue weighted by atomic mass is 9.98. The lowest BCUT2D eigenvalue weighted by Gasteiger charge is -2.21. The van der Waals surface area contributed by atoms with Gasteiger partial charge in [0.15, 0.2) is 0 Å². The lowest BCUT2D eigenvalue weighted by molar-refractivity contribution is -0.123. The van der Waals surface area contributed by atoms with Crippen LogP contribution in [0.2, 0.25) is 0 Å². The van der Waals surface area contributed by atoms with E-state index in [-0.39, 0.29) is 24.1 Å². The van der Waals surface area contributed by atoms with Crippen molar-refractivity contribution in [2.45, 2.75) is 69.7 Å². The van der Waals surface area contributed by atoms with Crippen molar-refractivity contribution in [2.75, 3.05) is 6.54 Å². The third kappa shape index (κ3) is 8.65. The van der Waals surface area contributed by atoms with Gasteiger partial charge in [-0.1, -0.05) is 91.0 Å². The summed E-state index contributed by atoms with van der Waals surface area (Å²) in [5.41, 5.74) is 3.88. The number of ether oxygens (including phenoxy) is 1. The number of carbonyl (C=O) groups excluding carboxylic acids is 1. The highest BCUT2D eigenvalue weighted by Crippen LogP contribution is 2.16. The zero-order chi connectivity index (χ0) is 24.1. The average molecular weight is 471 g/mol. The van der Waals surface area contributed by atoms with E-state index < -0.39 is 0 Å². The molecule has 2 atom stereocenters. The molecule has 0 bridgehead atoms. The van der Waals surface area contributed by atoms with Crippen LogP contribution in [0.15, 0.2) is 91.0 Å². The van der Waals surface area contributed by atoms with Gasteiger partial charge in [0.25, 0.3) is 0 Å². The molecule has 0 aromatic heterocycles. The number of hydrogen-bond donors (Lipinski definition) is 2. The Morgan fingerprint density at radius 2 is 1.31 bits per heavy atom. The summed E-state index contributed by atoms with van der Waals surface area (Å²) < 4.78 is 6.06. The molecule has 4 nitrogen and oxygen atoms in total. The Kier molecular flexibility index (Phi) is 9.93. The van der Waals surface area contributed by atoms with Crippen LogP contribution in [-0.4, -0.2) is 30.6 Å². The fourth-order valence-corrected chi connectivity index (χ4v) is 4.80. The highest BCUT2D eigenvalue weighted by Gasteiger charge is 2.30. The second-order valence-corrected chi connectivity index (χ2v) is 9.58. The summed E-state index contributed by atoms with van der Waals surface area (Å²) in [7, 11) is 0. The first-order chi connectivity index (χ1) is 17.3. The SMILES string of the molecule is O=C(NC(CCCc1ccccc1)CCCc1ccccc1)C1CC(OCc2ccccc2)CN1. The quantitative estimate of drug-likeness (QED) is 0.349. The van der Waals surface area contributed by atoms with Gasteiger partial charge in [-0.05, 0) is 61.6 Å². The van der Waals surface area contributed by atoms with Crippen molar-refractivity contribution in [2.24, 2.45) is 0 Å². The second kappa shape index (κ2) is 13.8. The predicted octanol–water partition coefficient (Wildman–Crippen LogP) is 5.46. The van der Waals surface area contributed by atoms with Crippen molar-refractivity contribution in [3.8, 4) is 0 Å². The molecule has 3 aromatic rings. The van der Waals surface area contributed by atoms with Gasteiger partial charge in [0, 0.05) is 12.6 Å². The van der Waals surface area contributed by atoms with E-state index in [9.17, 15) is 4.79 Å². The fourth-order valence-electron chi connectivity index (χ4n) is 4.80. The van der Waals surface area contributed by atoms with Crippen molar-refractivity contribution in [1.82, 2.24) is 10.6 Å². The zero-order valence-electron chi connectivity index (χ0n) is 20.6. The summed E-state index contributed by atoms with van der Waals surface area (Å²) in [5.74, 6) is 0.111. The van der Waals surface area contributed by atoms with E-state index >= 15 is 0 Å². The van der Waals surface area contributed by atoms with Crippen molar-refractivity contribution in [3.63, 3.8) is 0 Å². The molecule has 1 fully saturated rings. The van der Waals surface area contributed by atoms with Crippen LogP contribution in [0.1, 0.15) is 48.8 Å². The molecule has 2 unspecified atom stereocenters. The van der Waals surface area contributed by atoms with E-state index in [2.05, 4.69) is 83.4 Å².